The van der Waals surface area contributed by atoms with E-state index in [2.05, 4.69) is 10.6 Å². The van der Waals surface area contributed by atoms with E-state index in [0.717, 1.165) is 5.56 Å². The van der Waals surface area contributed by atoms with Crippen molar-refractivity contribution in [2.24, 2.45) is 0 Å². The molecule has 9 heteroatoms. The van der Waals surface area contributed by atoms with Crippen molar-refractivity contribution in [1.29, 1.82) is 0 Å². The molecule has 0 spiro atoms. The van der Waals surface area contributed by atoms with Gasteiger partial charge in [-0.3, -0.25) is 14.4 Å². The molecule has 0 fully saturated rings. The number of benzene rings is 2. The number of hydrogen-bond donors (Lipinski definition) is 2. The minimum Gasteiger partial charge on any atom is -0.380 e. The van der Waals surface area contributed by atoms with Crippen LogP contribution in [0.1, 0.15) is 17.2 Å². The highest BCUT2D eigenvalue weighted by molar-refractivity contribution is 6.88. The highest BCUT2D eigenvalue weighted by atomic mass is 28.3. The summed E-state index contributed by atoms with van der Waals surface area (Å²) in [5.74, 6) is -1.28. The number of methoxy groups -OCH3 is 1. The standard InChI is InChI=1S/C26H30FN3O4Si/c1-34-17-18-5-7-19(8-6-18)25(29-24(32)16-30-13-11-21(31)12-14-30)26(33)28-20-9-10-23(22(27)15-20)35(2,3)4/h5-15,25H,16-17H2,1-4H3,(H,28,33)(H,29,32)/t25-/m1/s1. The second-order valence-electron chi connectivity index (χ2n) is 9.32. The fraction of sp³-hybridized carbons (Fsp3) is 0.269. The van der Waals surface area contributed by atoms with Crippen LogP contribution in [0.5, 0.6) is 0 Å². The number of amides is 2. The van der Waals surface area contributed by atoms with Crippen LogP contribution in [0, 0.1) is 5.82 Å². The molecule has 2 amide bonds. The van der Waals surface area contributed by atoms with Gasteiger partial charge in [-0.1, -0.05) is 50.0 Å². The first-order valence-electron chi connectivity index (χ1n) is 11.2. The van der Waals surface area contributed by atoms with Crippen molar-refractivity contribution in [3.63, 3.8) is 0 Å². The molecule has 2 N–H and O–H groups in total. The number of hydrogen-bond acceptors (Lipinski definition) is 4. The molecule has 184 valence electrons. The maximum Gasteiger partial charge on any atom is 0.251 e. The number of pyridine rings is 1. The first-order chi connectivity index (χ1) is 16.6. The number of carbonyl (C=O) groups excluding carboxylic acids is 2. The van der Waals surface area contributed by atoms with Crippen molar-refractivity contribution in [3.8, 4) is 0 Å². The summed E-state index contributed by atoms with van der Waals surface area (Å²) < 4.78 is 21.4. The Labute approximate surface area is 205 Å². The molecule has 7 nitrogen and oxygen atoms in total. The lowest BCUT2D eigenvalue weighted by molar-refractivity contribution is -0.127. The fourth-order valence-corrected chi connectivity index (χ4v) is 4.98. The Hall–Kier alpha value is -3.56. The molecule has 0 radical (unpaired) electrons. The average molecular weight is 496 g/mol. The summed E-state index contributed by atoms with van der Waals surface area (Å²) in [6.45, 7) is 6.48. The summed E-state index contributed by atoms with van der Waals surface area (Å²) >= 11 is 0. The molecule has 2 aromatic carbocycles. The van der Waals surface area contributed by atoms with Gasteiger partial charge >= 0.3 is 0 Å². The predicted octanol–water partition coefficient (Wildman–Crippen LogP) is 3.18. The normalized spacial score (nSPS) is 12.1. The molecule has 3 rings (SSSR count). The van der Waals surface area contributed by atoms with E-state index in [1.807, 2.05) is 31.8 Å². The van der Waals surface area contributed by atoms with E-state index >= 15 is 0 Å². The zero-order valence-electron chi connectivity index (χ0n) is 20.3. The number of aromatic nitrogens is 1. The Balaban J connectivity index is 1.83. The largest absolute Gasteiger partial charge is 0.380 e. The Morgan fingerprint density at radius 2 is 1.69 bits per heavy atom. The molecule has 3 aromatic rings. The molecule has 0 aliphatic carbocycles. The highest BCUT2D eigenvalue weighted by Gasteiger charge is 2.25. The summed E-state index contributed by atoms with van der Waals surface area (Å²) in [7, 11) is -0.276. The van der Waals surface area contributed by atoms with Gasteiger partial charge in [0.1, 0.15) is 18.4 Å². The van der Waals surface area contributed by atoms with Crippen LogP contribution in [0.3, 0.4) is 0 Å². The highest BCUT2D eigenvalue weighted by Crippen LogP contribution is 2.19. The zero-order valence-corrected chi connectivity index (χ0v) is 21.3. The van der Waals surface area contributed by atoms with Crippen LogP contribution in [0.25, 0.3) is 0 Å². The van der Waals surface area contributed by atoms with E-state index in [0.29, 0.717) is 23.0 Å². The third-order valence-corrected chi connectivity index (χ3v) is 7.44. The zero-order chi connectivity index (χ0) is 25.6. The first kappa shape index (κ1) is 26.0. The van der Waals surface area contributed by atoms with Crippen molar-refractivity contribution >= 4 is 30.8 Å². The van der Waals surface area contributed by atoms with Crippen LogP contribution in [0.15, 0.2) is 71.8 Å². The lowest BCUT2D eigenvalue weighted by atomic mass is 10.0. The average Bonchev–Trinajstić information content (AvgIpc) is 2.79. The van der Waals surface area contributed by atoms with Crippen LogP contribution in [0.4, 0.5) is 10.1 Å². The van der Waals surface area contributed by atoms with Gasteiger partial charge in [-0.25, -0.2) is 4.39 Å². The monoisotopic (exact) mass is 495 g/mol. The molecule has 1 heterocycles. The van der Waals surface area contributed by atoms with Crippen molar-refractivity contribution in [2.45, 2.75) is 38.8 Å². The number of anilines is 1. The summed E-state index contributed by atoms with van der Waals surface area (Å²) in [5.41, 5.74) is 1.63. The molecule has 1 aromatic heterocycles. The first-order valence-corrected chi connectivity index (χ1v) is 14.7. The number of rotatable bonds is 9. The topological polar surface area (TPSA) is 89.4 Å². The summed E-state index contributed by atoms with van der Waals surface area (Å²) in [5, 5.41) is 6.15. The lowest BCUT2D eigenvalue weighted by Crippen LogP contribution is -2.40. The van der Waals surface area contributed by atoms with E-state index < -0.39 is 25.9 Å². The van der Waals surface area contributed by atoms with Gasteiger partial charge in [-0.05, 0) is 28.4 Å². The van der Waals surface area contributed by atoms with Crippen molar-refractivity contribution in [2.75, 3.05) is 12.4 Å². The van der Waals surface area contributed by atoms with Gasteiger partial charge < -0.3 is 19.9 Å². The SMILES string of the molecule is COCc1ccc([C@@H](NC(=O)Cn2ccc(=O)cc2)C(=O)Nc2ccc([Si](C)(C)C)c(F)c2)cc1. The van der Waals surface area contributed by atoms with Gasteiger partial charge in [-0.15, -0.1) is 0 Å². The van der Waals surface area contributed by atoms with Gasteiger partial charge in [0.25, 0.3) is 5.91 Å². The summed E-state index contributed by atoms with van der Waals surface area (Å²) in [6.07, 6.45) is 3.00. The third-order valence-electron chi connectivity index (χ3n) is 5.42. The smallest absolute Gasteiger partial charge is 0.251 e. The Morgan fingerprint density at radius 1 is 1.03 bits per heavy atom. The predicted molar refractivity (Wildman–Crippen MR) is 137 cm³/mol. The van der Waals surface area contributed by atoms with Gasteiger partial charge in [0.05, 0.1) is 14.7 Å². The van der Waals surface area contributed by atoms with E-state index in [9.17, 15) is 18.8 Å². The van der Waals surface area contributed by atoms with Crippen LogP contribution >= 0.6 is 0 Å². The van der Waals surface area contributed by atoms with Crippen LogP contribution in [-0.4, -0.2) is 31.6 Å². The molecule has 35 heavy (non-hydrogen) atoms. The number of carbonyl (C=O) groups is 2. The van der Waals surface area contributed by atoms with E-state index in [-0.39, 0.29) is 17.8 Å². The third kappa shape index (κ3) is 7.21. The van der Waals surface area contributed by atoms with Crippen molar-refractivity contribution < 1.29 is 18.7 Å². The molecule has 0 unspecified atom stereocenters. The molecule has 0 saturated heterocycles. The molecular formula is C26H30FN3O4Si. The van der Waals surface area contributed by atoms with E-state index in [1.54, 1.807) is 31.4 Å². The molecule has 0 aliphatic heterocycles. The minimum atomic E-state index is -1.87. The van der Waals surface area contributed by atoms with Gasteiger partial charge in [0.15, 0.2) is 5.43 Å². The molecule has 1 atom stereocenters. The van der Waals surface area contributed by atoms with Gasteiger partial charge in [-0.2, -0.15) is 0 Å². The second-order valence-corrected chi connectivity index (χ2v) is 14.4. The summed E-state index contributed by atoms with van der Waals surface area (Å²) in [6, 6.07) is 13.5. The Kier molecular flexibility index (Phi) is 8.37. The Bertz CT molecular complexity index is 1230. The number of halogens is 1. The molecule has 0 aliphatic rings. The van der Waals surface area contributed by atoms with Gasteiger partial charge in [0, 0.05) is 37.3 Å². The lowest BCUT2D eigenvalue weighted by Gasteiger charge is -2.21. The maximum atomic E-state index is 14.7. The van der Waals surface area contributed by atoms with Crippen LogP contribution in [0.2, 0.25) is 19.6 Å². The van der Waals surface area contributed by atoms with Crippen molar-refractivity contribution in [3.05, 3.63) is 94.2 Å². The minimum absolute atomic E-state index is 0.0780. The Morgan fingerprint density at radius 3 is 2.26 bits per heavy atom. The van der Waals surface area contributed by atoms with Gasteiger partial charge in [0.2, 0.25) is 5.91 Å². The van der Waals surface area contributed by atoms with E-state index in [4.69, 9.17) is 4.74 Å². The van der Waals surface area contributed by atoms with E-state index in [1.165, 1.54) is 35.2 Å². The number of ether oxygens (including phenoxy) is 1. The molecular weight excluding hydrogens is 465 g/mol. The number of nitrogens with zero attached hydrogens (tertiary/aromatic N) is 1. The van der Waals surface area contributed by atoms with Crippen molar-refractivity contribution in [1.82, 2.24) is 9.88 Å². The number of nitrogens with one attached hydrogen (secondary N) is 2. The molecule has 0 saturated carbocycles. The van der Waals surface area contributed by atoms with Crippen LogP contribution in [-0.2, 0) is 27.5 Å². The van der Waals surface area contributed by atoms with Crippen LogP contribution < -0.4 is 21.2 Å². The second kappa shape index (κ2) is 11.2. The molecule has 0 bridgehead atoms. The quantitative estimate of drug-likeness (QED) is 0.446. The maximum absolute atomic E-state index is 14.7. The fourth-order valence-electron chi connectivity index (χ4n) is 3.61. The summed E-state index contributed by atoms with van der Waals surface area (Å²) in [4.78, 5) is 37.3.